The van der Waals surface area contributed by atoms with E-state index in [1.807, 2.05) is 33.8 Å². The van der Waals surface area contributed by atoms with Gasteiger partial charge in [0.2, 0.25) is 5.95 Å². The van der Waals surface area contributed by atoms with E-state index in [0.29, 0.717) is 49.4 Å². The van der Waals surface area contributed by atoms with Gasteiger partial charge in [-0.2, -0.15) is 13.2 Å². The summed E-state index contributed by atoms with van der Waals surface area (Å²) in [5.41, 5.74) is -1.10. The van der Waals surface area contributed by atoms with E-state index in [1.165, 1.54) is 6.20 Å². The first kappa shape index (κ1) is 27.6. The van der Waals surface area contributed by atoms with E-state index < -0.39 is 17.3 Å². The zero-order valence-electron chi connectivity index (χ0n) is 23.5. The third-order valence-electron chi connectivity index (χ3n) is 8.17. The molecule has 1 amide bonds. The number of halogens is 3. The number of ether oxygens (including phenoxy) is 2. The van der Waals surface area contributed by atoms with E-state index in [9.17, 15) is 18.0 Å². The Bertz CT molecular complexity index is 1460. The van der Waals surface area contributed by atoms with Crippen molar-refractivity contribution in [3.8, 4) is 11.3 Å². The highest BCUT2D eigenvalue weighted by atomic mass is 19.4. The van der Waals surface area contributed by atoms with Crippen molar-refractivity contribution in [3.63, 3.8) is 0 Å². The largest absolute Gasteiger partial charge is 0.444 e. The molecule has 3 aromatic heterocycles. The number of nitrogens with one attached hydrogen (secondary N) is 2. The van der Waals surface area contributed by atoms with E-state index in [0.717, 1.165) is 24.9 Å². The van der Waals surface area contributed by atoms with Crippen LogP contribution in [-0.4, -0.2) is 81.5 Å². The van der Waals surface area contributed by atoms with Crippen molar-refractivity contribution in [1.82, 2.24) is 24.8 Å². The Labute approximate surface area is 235 Å². The minimum atomic E-state index is -4.65. The minimum absolute atomic E-state index is 0.0616. The number of carbonyl (C=O) groups is 1. The predicted molar refractivity (Wildman–Crippen MR) is 147 cm³/mol. The molecule has 1 aliphatic carbocycles. The number of aromatic nitrogens is 4. The van der Waals surface area contributed by atoms with Gasteiger partial charge in [-0.1, -0.05) is 0 Å². The molecule has 13 heteroatoms. The molecule has 2 atom stereocenters. The molecular formula is C28H34F3N7O3. The molecule has 41 heavy (non-hydrogen) atoms. The summed E-state index contributed by atoms with van der Waals surface area (Å²) in [5, 5.41) is 3.79. The molecule has 0 radical (unpaired) electrons. The quantitative estimate of drug-likeness (QED) is 0.445. The van der Waals surface area contributed by atoms with E-state index in [4.69, 9.17) is 14.5 Å². The standard InChI is InChI=1S/C28H34F3N7O3/c1-16-13-40-10-9-38(16)21-6-5-17-18(11-32-23(17)35-21)22-19(28(29,30)31)12-33-24(36-22)34-20-7-8-27(20)14-37(15-27)25(39)41-26(2,3)4/h5-6,11-12,16,20H,7-10,13-15H2,1-4H3,(H,32,35)(H,33,34,36)/t16-,20+/m0/s1. The van der Waals surface area contributed by atoms with Gasteiger partial charge in [0.1, 0.15) is 22.6 Å². The zero-order chi connectivity index (χ0) is 29.2. The number of carbonyl (C=O) groups excluding carboxylic acids is 1. The second-order valence-electron chi connectivity index (χ2n) is 12.3. The molecule has 1 saturated carbocycles. The predicted octanol–water partition coefficient (Wildman–Crippen LogP) is 5.08. The molecule has 5 heterocycles. The summed E-state index contributed by atoms with van der Waals surface area (Å²) in [5.74, 6) is 0.854. The van der Waals surface area contributed by atoms with Crippen LogP contribution in [0.15, 0.2) is 24.5 Å². The maximum absolute atomic E-state index is 14.1. The topological polar surface area (TPSA) is 109 Å². The molecule has 3 aliphatic rings. The summed E-state index contributed by atoms with van der Waals surface area (Å²) in [6.07, 6.45) is -0.952. The number of likely N-dealkylation sites (tertiary alicyclic amines) is 1. The lowest BCUT2D eigenvalue weighted by Gasteiger charge is -2.60. The average Bonchev–Trinajstić information content (AvgIpc) is 3.27. The van der Waals surface area contributed by atoms with Crippen molar-refractivity contribution in [2.45, 2.75) is 64.4 Å². The molecule has 3 aromatic rings. The lowest BCUT2D eigenvalue weighted by Crippen LogP contribution is -2.70. The van der Waals surface area contributed by atoms with Crippen molar-refractivity contribution in [1.29, 1.82) is 0 Å². The SMILES string of the molecule is C[C@H]1COCCN1c1ccc2c(-c3nc(N[C@@H]4CCC45CN(C(=O)OC(C)(C)C)C5)ncc3C(F)(F)F)c[nH]c2n1. The molecule has 3 fully saturated rings. The van der Waals surface area contributed by atoms with Gasteiger partial charge >= 0.3 is 12.3 Å². The number of fused-ring (bicyclic) bond motifs is 1. The molecule has 10 nitrogen and oxygen atoms in total. The van der Waals surface area contributed by atoms with Gasteiger partial charge in [-0.15, -0.1) is 0 Å². The first-order chi connectivity index (χ1) is 19.3. The number of alkyl halides is 3. The molecule has 2 N–H and O–H groups in total. The van der Waals surface area contributed by atoms with Crippen molar-refractivity contribution >= 4 is 28.9 Å². The van der Waals surface area contributed by atoms with Gasteiger partial charge in [0.15, 0.2) is 0 Å². The van der Waals surface area contributed by atoms with Crippen LogP contribution in [-0.2, 0) is 15.7 Å². The second-order valence-corrected chi connectivity index (χ2v) is 12.3. The number of nitrogens with zero attached hydrogens (tertiary/aromatic N) is 5. The number of hydrogen-bond acceptors (Lipinski definition) is 8. The first-order valence-corrected chi connectivity index (χ1v) is 13.8. The fourth-order valence-corrected chi connectivity index (χ4v) is 5.91. The van der Waals surface area contributed by atoms with Gasteiger partial charge in [0.05, 0.1) is 24.9 Å². The lowest BCUT2D eigenvalue weighted by atomic mass is 9.59. The summed E-state index contributed by atoms with van der Waals surface area (Å²) in [6.45, 7) is 10.4. The van der Waals surface area contributed by atoms with Crippen LogP contribution < -0.4 is 10.2 Å². The molecule has 2 aliphatic heterocycles. The van der Waals surface area contributed by atoms with E-state index in [1.54, 1.807) is 11.0 Å². The van der Waals surface area contributed by atoms with Crippen LogP contribution >= 0.6 is 0 Å². The van der Waals surface area contributed by atoms with Crippen LogP contribution in [0.2, 0.25) is 0 Å². The van der Waals surface area contributed by atoms with Crippen LogP contribution in [0.5, 0.6) is 0 Å². The van der Waals surface area contributed by atoms with Crippen LogP contribution in [0.4, 0.5) is 29.7 Å². The highest BCUT2D eigenvalue weighted by molar-refractivity contribution is 5.94. The third kappa shape index (κ3) is 5.15. The van der Waals surface area contributed by atoms with Crippen LogP contribution in [0.1, 0.15) is 46.1 Å². The summed E-state index contributed by atoms with van der Waals surface area (Å²) in [7, 11) is 0. The number of anilines is 2. The Kier molecular flexibility index (Phi) is 6.55. The van der Waals surface area contributed by atoms with Crippen molar-refractivity contribution in [3.05, 3.63) is 30.1 Å². The van der Waals surface area contributed by atoms with E-state index in [-0.39, 0.29) is 35.2 Å². The summed E-state index contributed by atoms with van der Waals surface area (Å²) >= 11 is 0. The average molecular weight is 574 g/mol. The second kappa shape index (κ2) is 9.74. The number of pyridine rings is 1. The van der Waals surface area contributed by atoms with Crippen molar-refractivity contribution < 1.29 is 27.4 Å². The van der Waals surface area contributed by atoms with Crippen molar-refractivity contribution in [2.75, 3.05) is 43.1 Å². The number of H-pyrrole nitrogens is 1. The number of aromatic amines is 1. The van der Waals surface area contributed by atoms with E-state index >= 15 is 0 Å². The lowest BCUT2D eigenvalue weighted by molar-refractivity contribution is -0.137. The zero-order valence-corrected chi connectivity index (χ0v) is 23.5. The Morgan fingerprint density at radius 1 is 1.22 bits per heavy atom. The molecule has 2 saturated heterocycles. The number of hydrogen-bond donors (Lipinski definition) is 2. The number of morpholine rings is 1. The maximum atomic E-state index is 14.1. The molecule has 0 unspecified atom stereocenters. The molecule has 6 rings (SSSR count). The van der Waals surface area contributed by atoms with Gasteiger partial charge in [-0.05, 0) is 52.7 Å². The van der Waals surface area contributed by atoms with Crippen LogP contribution in [0.25, 0.3) is 22.3 Å². The Hall–Kier alpha value is -3.61. The third-order valence-corrected chi connectivity index (χ3v) is 8.17. The Morgan fingerprint density at radius 3 is 2.66 bits per heavy atom. The summed E-state index contributed by atoms with van der Waals surface area (Å²) < 4.78 is 53.2. The Morgan fingerprint density at radius 2 is 2.00 bits per heavy atom. The summed E-state index contributed by atoms with van der Waals surface area (Å²) in [4.78, 5) is 32.3. The Balaban J connectivity index is 1.25. The smallest absolute Gasteiger partial charge is 0.419 e. The first-order valence-electron chi connectivity index (χ1n) is 13.8. The highest BCUT2D eigenvalue weighted by Crippen LogP contribution is 2.50. The van der Waals surface area contributed by atoms with Crippen LogP contribution in [0.3, 0.4) is 0 Å². The van der Waals surface area contributed by atoms with Gasteiger partial charge < -0.3 is 29.6 Å². The highest BCUT2D eigenvalue weighted by Gasteiger charge is 2.57. The van der Waals surface area contributed by atoms with Crippen LogP contribution in [0, 0.1) is 5.41 Å². The number of amides is 1. The monoisotopic (exact) mass is 573 g/mol. The minimum Gasteiger partial charge on any atom is -0.444 e. The van der Waals surface area contributed by atoms with E-state index in [2.05, 4.69) is 25.2 Å². The molecule has 220 valence electrons. The molecule has 0 aromatic carbocycles. The molecule has 1 spiro atoms. The molecular weight excluding hydrogens is 539 g/mol. The fraction of sp³-hybridized carbons (Fsp3) is 0.571. The van der Waals surface area contributed by atoms with Gasteiger partial charge in [-0.3, -0.25) is 0 Å². The van der Waals surface area contributed by atoms with Gasteiger partial charge in [0, 0.05) is 54.4 Å². The normalized spacial score (nSPS) is 22.4. The molecule has 0 bridgehead atoms. The summed E-state index contributed by atoms with van der Waals surface area (Å²) in [6, 6.07) is 3.67. The van der Waals surface area contributed by atoms with Gasteiger partial charge in [-0.25, -0.2) is 19.7 Å². The fourth-order valence-electron chi connectivity index (χ4n) is 5.91. The maximum Gasteiger partial charge on any atom is 0.419 e. The number of rotatable bonds is 4. The van der Waals surface area contributed by atoms with Crippen molar-refractivity contribution in [2.24, 2.45) is 5.41 Å². The van der Waals surface area contributed by atoms with Gasteiger partial charge in [0.25, 0.3) is 0 Å².